The van der Waals surface area contributed by atoms with Crippen molar-refractivity contribution in [2.24, 2.45) is 5.92 Å². The van der Waals surface area contributed by atoms with Gasteiger partial charge in [-0.25, -0.2) is 0 Å². The van der Waals surface area contributed by atoms with Crippen LogP contribution < -0.4 is 10.2 Å². The Morgan fingerprint density at radius 2 is 1.84 bits per heavy atom. The Balaban J connectivity index is 1.69. The third-order valence-corrected chi connectivity index (χ3v) is 4.43. The molecule has 1 heterocycles. The van der Waals surface area contributed by atoms with Gasteiger partial charge in [0.15, 0.2) is 0 Å². The van der Waals surface area contributed by atoms with Gasteiger partial charge in [-0.15, -0.1) is 0 Å². The zero-order valence-corrected chi connectivity index (χ0v) is 11.9. The summed E-state index contributed by atoms with van der Waals surface area (Å²) in [5, 5.41) is 3.55. The van der Waals surface area contributed by atoms with Gasteiger partial charge in [-0.2, -0.15) is 0 Å². The maximum atomic E-state index is 6.25. The molecule has 3 nitrogen and oxygen atoms in total. The first-order valence-electron chi connectivity index (χ1n) is 7.40. The standard InChI is InChI=1S/C16H24N2O/c1-18(2)14-9-7-12(8-10-14)16-17-11-13-5-3-4-6-15(13)19-16/h7-10,13,15-17H,3-6,11H2,1-2H3. The molecule has 1 aromatic rings. The second kappa shape index (κ2) is 5.51. The molecule has 3 unspecified atom stereocenters. The molecule has 3 atom stereocenters. The van der Waals surface area contributed by atoms with Crippen LogP contribution in [0.15, 0.2) is 24.3 Å². The van der Waals surface area contributed by atoms with Crippen molar-refractivity contribution < 1.29 is 4.74 Å². The van der Waals surface area contributed by atoms with Gasteiger partial charge in [0.25, 0.3) is 0 Å². The molecule has 3 rings (SSSR count). The lowest BCUT2D eigenvalue weighted by Crippen LogP contribution is -2.45. The van der Waals surface area contributed by atoms with Crippen LogP contribution in [0.2, 0.25) is 0 Å². The van der Waals surface area contributed by atoms with Gasteiger partial charge in [-0.05, 0) is 36.5 Å². The van der Waals surface area contributed by atoms with Crippen LogP contribution >= 0.6 is 0 Å². The maximum absolute atomic E-state index is 6.25. The second-order valence-electron chi connectivity index (χ2n) is 5.99. The Labute approximate surface area is 115 Å². The molecule has 0 radical (unpaired) electrons. The lowest BCUT2D eigenvalue weighted by Gasteiger charge is -2.40. The van der Waals surface area contributed by atoms with E-state index in [1.807, 2.05) is 0 Å². The Morgan fingerprint density at radius 1 is 1.11 bits per heavy atom. The first-order valence-corrected chi connectivity index (χ1v) is 7.40. The Bertz CT molecular complexity index is 415. The number of anilines is 1. The lowest BCUT2D eigenvalue weighted by molar-refractivity contribution is -0.109. The van der Waals surface area contributed by atoms with Crippen LogP contribution in [0, 0.1) is 5.92 Å². The summed E-state index contributed by atoms with van der Waals surface area (Å²) in [7, 11) is 4.13. The molecule has 2 aliphatic rings. The van der Waals surface area contributed by atoms with Crippen LogP contribution in [-0.4, -0.2) is 26.7 Å². The van der Waals surface area contributed by atoms with Gasteiger partial charge in [0.2, 0.25) is 0 Å². The summed E-state index contributed by atoms with van der Waals surface area (Å²) in [4.78, 5) is 2.12. The number of nitrogens with one attached hydrogen (secondary N) is 1. The number of fused-ring (bicyclic) bond motifs is 1. The monoisotopic (exact) mass is 260 g/mol. The van der Waals surface area contributed by atoms with Crippen LogP contribution in [0.4, 0.5) is 5.69 Å². The first kappa shape index (κ1) is 12.9. The summed E-state index contributed by atoms with van der Waals surface area (Å²) >= 11 is 0. The van der Waals surface area contributed by atoms with E-state index in [1.54, 1.807) is 0 Å². The largest absolute Gasteiger partial charge is 0.378 e. The summed E-state index contributed by atoms with van der Waals surface area (Å²) in [6.45, 7) is 1.10. The number of hydrogen-bond donors (Lipinski definition) is 1. The summed E-state index contributed by atoms with van der Waals surface area (Å²) < 4.78 is 6.25. The third-order valence-electron chi connectivity index (χ3n) is 4.43. The normalized spacial score (nSPS) is 30.7. The summed E-state index contributed by atoms with van der Waals surface area (Å²) in [6, 6.07) is 8.67. The van der Waals surface area contributed by atoms with E-state index < -0.39 is 0 Å². The molecule has 2 fully saturated rings. The third kappa shape index (κ3) is 2.77. The average Bonchev–Trinajstić information content (AvgIpc) is 2.47. The Hall–Kier alpha value is -1.06. The number of hydrogen-bond acceptors (Lipinski definition) is 3. The van der Waals surface area contributed by atoms with E-state index in [0.717, 1.165) is 12.5 Å². The SMILES string of the molecule is CN(C)c1ccc(C2NCC3CCCCC3O2)cc1. The van der Waals surface area contributed by atoms with E-state index in [0.29, 0.717) is 6.10 Å². The van der Waals surface area contributed by atoms with Crippen LogP contribution in [-0.2, 0) is 4.74 Å². The smallest absolute Gasteiger partial charge is 0.134 e. The van der Waals surface area contributed by atoms with E-state index in [2.05, 4.69) is 48.6 Å². The van der Waals surface area contributed by atoms with Crippen LogP contribution in [0.25, 0.3) is 0 Å². The number of rotatable bonds is 2. The quantitative estimate of drug-likeness (QED) is 0.885. The molecule has 1 saturated heterocycles. The molecule has 104 valence electrons. The Kier molecular flexibility index (Phi) is 3.76. The van der Waals surface area contributed by atoms with Gasteiger partial charge in [0.05, 0.1) is 6.10 Å². The van der Waals surface area contributed by atoms with Crippen molar-refractivity contribution >= 4 is 5.69 Å². The predicted octanol–water partition coefficient (Wildman–Crippen LogP) is 2.93. The fraction of sp³-hybridized carbons (Fsp3) is 0.625. The molecule has 0 amide bonds. The number of nitrogens with zero attached hydrogens (tertiary/aromatic N) is 1. The Morgan fingerprint density at radius 3 is 2.58 bits per heavy atom. The van der Waals surface area contributed by atoms with E-state index in [1.165, 1.54) is 36.9 Å². The minimum atomic E-state index is 0.0792. The van der Waals surface area contributed by atoms with Gasteiger partial charge < -0.3 is 9.64 Å². The van der Waals surface area contributed by atoms with Gasteiger partial charge in [-0.3, -0.25) is 5.32 Å². The number of benzene rings is 1. The summed E-state index contributed by atoms with van der Waals surface area (Å²) in [5.41, 5.74) is 2.48. The van der Waals surface area contributed by atoms with Crippen LogP contribution in [0.1, 0.15) is 37.5 Å². The molecule has 3 heteroatoms. The van der Waals surface area contributed by atoms with Gasteiger partial charge >= 0.3 is 0 Å². The predicted molar refractivity (Wildman–Crippen MR) is 78.3 cm³/mol. The van der Waals surface area contributed by atoms with Crippen molar-refractivity contribution in [3.63, 3.8) is 0 Å². The second-order valence-corrected chi connectivity index (χ2v) is 5.99. The highest BCUT2D eigenvalue weighted by Gasteiger charge is 2.33. The molecule has 1 N–H and O–H groups in total. The molecular formula is C16H24N2O. The molecule has 1 aliphatic heterocycles. The van der Waals surface area contributed by atoms with Gasteiger partial charge in [-0.1, -0.05) is 25.0 Å². The highest BCUT2D eigenvalue weighted by atomic mass is 16.5. The molecule has 1 aliphatic carbocycles. The average molecular weight is 260 g/mol. The summed E-state index contributed by atoms with van der Waals surface area (Å²) in [5.74, 6) is 0.728. The molecule has 1 saturated carbocycles. The lowest BCUT2D eigenvalue weighted by atomic mass is 9.85. The first-order chi connectivity index (χ1) is 9.24. The van der Waals surface area contributed by atoms with Crippen LogP contribution in [0.3, 0.4) is 0 Å². The number of ether oxygens (including phenoxy) is 1. The molecule has 0 aromatic heterocycles. The molecule has 19 heavy (non-hydrogen) atoms. The van der Waals surface area contributed by atoms with E-state index in [-0.39, 0.29) is 6.23 Å². The molecule has 0 spiro atoms. The molecular weight excluding hydrogens is 236 g/mol. The van der Waals surface area contributed by atoms with Crippen molar-refractivity contribution in [3.05, 3.63) is 29.8 Å². The van der Waals surface area contributed by atoms with Crippen molar-refractivity contribution in [2.75, 3.05) is 25.5 Å². The zero-order valence-electron chi connectivity index (χ0n) is 11.9. The van der Waals surface area contributed by atoms with Gasteiger partial charge in [0, 0.05) is 26.3 Å². The molecule has 1 aromatic carbocycles. The van der Waals surface area contributed by atoms with Crippen molar-refractivity contribution in [3.8, 4) is 0 Å². The van der Waals surface area contributed by atoms with Crippen molar-refractivity contribution in [2.45, 2.75) is 38.0 Å². The van der Waals surface area contributed by atoms with E-state index >= 15 is 0 Å². The van der Waals surface area contributed by atoms with Crippen molar-refractivity contribution in [1.82, 2.24) is 5.32 Å². The summed E-state index contributed by atoms with van der Waals surface area (Å²) in [6.07, 6.45) is 5.80. The fourth-order valence-corrected chi connectivity index (χ4v) is 3.21. The topological polar surface area (TPSA) is 24.5 Å². The highest BCUT2D eigenvalue weighted by Crippen LogP contribution is 2.34. The molecule has 0 bridgehead atoms. The highest BCUT2D eigenvalue weighted by molar-refractivity contribution is 5.46. The maximum Gasteiger partial charge on any atom is 0.134 e. The fourth-order valence-electron chi connectivity index (χ4n) is 3.21. The van der Waals surface area contributed by atoms with Crippen molar-refractivity contribution in [1.29, 1.82) is 0 Å². The van der Waals surface area contributed by atoms with E-state index in [9.17, 15) is 0 Å². The minimum Gasteiger partial charge on any atom is -0.378 e. The zero-order chi connectivity index (χ0) is 13.2. The van der Waals surface area contributed by atoms with Gasteiger partial charge in [0.1, 0.15) is 6.23 Å². The minimum absolute atomic E-state index is 0.0792. The van der Waals surface area contributed by atoms with Crippen LogP contribution in [0.5, 0.6) is 0 Å². The van der Waals surface area contributed by atoms with E-state index in [4.69, 9.17) is 4.74 Å².